The first kappa shape index (κ1) is 25.4. The Kier molecular flexibility index (Phi) is 12.8. The van der Waals surface area contributed by atoms with E-state index in [0.717, 1.165) is 44.6 Å². The maximum atomic E-state index is 12.2. The lowest BCUT2D eigenvalue weighted by Crippen LogP contribution is -2.40. The minimum Gasteiger partial charge on any atom is -0.419 e. The monoisotopic (exact) mass is 380 g/mol. The van der Waals surface area contributed by atoms with E-state index in [1.807, 2.05) is 0 Å². The molecule has 1 atom stereocenters. The highest BCUT2D eigenvalue weighted by atomic mass is 16.7. The average Bonchev–Trinajstić information content (AvgIpc) is 2.57. The molecule has 0 bridgehead atoms. The minimum atomic E-state index is -1.23. The summed E-state index contributed by atoms with van der Waals surface area (Å²) in [7, 11) is 0. The lowest BCUT2D eigenvalue weighted by Gasteiger charge is -2.33. The molecule has 0 amide bonds. The van der Waals surface area contributed by atoms with Crippen LogP contribution in [-0.4, -0.2) is 17.7 Å². The number of ether oxygens (including phenoxy) is 2. The zero-order chi connectivity index (χ0) is 20.9. The second kappa shape index (κ2) is 13.6. The van der Waals surface area contributed by atoms with Gasteiger partial charge < -0.3 is 9.47 Å². The van der Waals surface area contributed by atoms with Crippen LogP contribution in [0.2, 0.25) is 0 Å². The first-order chi connectivity index (χ1) is 12.6. The van der Waals surface area contributed by atoms with Crippen molar-refractivity contribution in [3.8, 4) is 0 Å². The Morgan fingerprint density at radius 2 is 1.37 bits per heavy atom. The predicted molar refractivity (Wildman–Crippen MR) is 111 cm³/mol. The van der Waals surface area contributed by atoms with Gasteiger partial charge in [-0.2, -0.15) is 0 Å². The molecule has 0 saturated heterocycles. The Bertz CT molecular complexity index is 479. The molecule has 4 heteroatoms. The van der Waals surface area contributed by atoms with Crippen LogP contribution < -0.4 is 0 Å². The lowest BCUT2D eigenvalue weighted by molar-refractivity contribution is -0.229. The third-order valence-corrected chi connectivity index (χ3v) is 4.51. The van der Waals surface area contributed by atoms with E-state index in [1.165, 1.54) is 6.42 Å². The van der Waals surface area contributed by atoms with Crippen molar-refractivity contribution in [3.05, 3.63) is 24.8 Å². The maximum absolute atomic E-state index is 12.2. The van der Waals surface area contributed by atoms with Crippen molar-refractivity contribution in [3.63, 3.8) is 0 Å². The predicted octanol–water partition coefficient (Wildman–Crippen LogP) is 6.35. The van der Waals surface area contributed by atoms with Gasteiger partial charge in [0.05, 0.1) is 0 Å². The average molecular weight is 381 g/mol. The summed E-state index contributed by atoms with van der Waals surface area (Å²) in [6, 6.07) is 0. The van der Waals surface area contributed by atoms with E-state index >= 15 is 0 Å². The fourth-order valence-corrected chi connectivity index (χ4v) is 2.90. The standard InChI is InChI=1S/C23H40O4/c1-8-21(24)26-23(27-22(25)20(6)7,17-13-11-15-19(4)5)16-12-9-10-14-18(2)3/h8,18-19H,1,6,9-17H2,2-5,7H3. The van der Waals surface area contributed by atoms with Crippen LogP contribution in [0.15, 0.2) is 24.8 Å². The van der Waals surface area contributed by atoms with Crippen LogP contribution in [0.3, 0.4) is 0 Å². The quantitative estimate of drug-likeness (QED) is 0.144. The van der Waals surface area contributed by atoms with E-state index in [4.69, 9.17) is 9.47 Å². The van der Waals surface area contributed by atoms with Gasteiger partial charge in [-0.05, 0) is 31.6 Å². The number of rotatable bonds is 15. The summed E-state index contributed by atoms with van der Waals surface area (Å²) in [5.41, 5.74) is 0.302. The highest BCUT2D eigenvalue weighted by molar-refractivity contribution is 5.87. The van der Waals surface area contributed by atoms with Crippen molar-refractivity contribution < 1.29 is 19.1 Å². The molecule has 0 aromatic rings. The number of carbonyl (C=O) groups excluding carboxylic acids is 2. The number of carbonyl (C=O) groups is 2. The molecule has 1 unspecified atom stereocenters. The number of hydrogen-bond donors (Lipinski definition) is 0. The zero-order valence-electron chi connectivity index (χ0n) is 18.1. The Morgan fingerprint density at radius 3 is 1.81 bits per heavy atom. The van der Waals surface area contributed by atoms with Gasteiger partial charge in [-0.3, -0.25) is 0 Å². The normalized spacial score (nSPS) is 13.3. The lowest BCUT2D eigenvalue weighted by atomic mass is 9.97. The molecule has 0 aromatic heterocycles. The van der Waals surface area contributed by atoms with Gasteiger partial charge in [-0.1, -0.05) is 73.0 Å². The number of unbranched alkanes of at least 4 members (excludes halogenated alkanes) is 3. The summed E-state index contributed by atoms with van der Waals surface area (Å²) in [6.07, 6.45) is 9.19. The summed E-state index contributed by atoms with van der Waals surface area (Å²) in [4.78, 5) is 24.2. The zero-order valence-corrected chi connectivity index (χ0v) is 18.1. The molecular formula is C23H40O4. The fraction of sp³-hybridized carbons (Fsp3) is 0.739. The van der Waals surface area contributed by atoms with Crippen LogP contribution in [0.25, 0.3) is 0 Å². The van der Waals surface area contributed by atoms with Gasteiger partial charge in [0.2, 0.25) is 0 Å². The van der Waals surface area contributed by atoms with Crippen LogP contribution >= 0.6 is 0 Å². The van der Waals surface area contributed by atoms with Crippen LogP contribution in [0.4, 0.5) is 0 Å². The maximum Gasteiger partial charge on any atom is 0.336 e. The van der Waals surface area contributed by atoms with Crippen LogP contribution in [0.5, 0.6) is 0 Å². The van der Waals surface area contributed by atoms with Crippen molar-refractivity contribution in [2.24, 2.45) is 11.8 Å². The van der Waals surface area contributed by atoms with E-state index in [0.29, 0.717) is 30.3 Å². The second-order valence-corrected chi connectivity index (χ2v) is 8.34. The van der Waals surface area contributed by atoms with Gasteiger partial charge >= 0.3 is 11.9 Å². The Morgan fingerprint density at radius 1 is 0.889 bits per heavy atom. The van der Waals surface area contributed by atoms with Gasteiger partial charge in [-0.25, -0.2) is 9.59 Å². The van der Waals surface area contributed by atoms with Crippen molar-refractivity contribution in [2.75, 3.05) is 0 Å². The molecule has 0 rings (SSSR count). The van der Waals surface area contributed by atoms with Gasteiger partial charge in [0.15, 0.2) is 0 Å². The number of hydrogen-bond acceptors (Lipinski definition) is 4. The van der Waals surface area contributed by atoms with E-state index in [-0.39, 0.29) is 0 Å². The third kappa shape index (κ3) is 12.4. The van der Waals surface area contributed by atoms with E-state index in [2.05, 4.69) is 40.9 Å². The minimum absolute atomic E-state index is 0.302. The first-order valence-corrected chi connectivity index (χ1v) is 10.4. The molecule has 0 radical (unpaired) electrons. The summed E-state index contributed by atoms with van der Waals surface area (Å²) in [5, 5.41) is 0. The van der Waals surface area contributed by atoms with Gasteiger partial charge in [0, 0.05) is 24.5 Å². The molecule has 4 nitrogen and oxygen atoms in total. The highest BCUT2D eigenvalue weighted by Crippen LogP contribution is 2.30. The van der Waals surface area contributed by atoms with Crippen molar-refractivity contribution in [1.82, 2.24) is 0 Å². The Hall–Kier alpha value is -1.58. The highest BCUT2D eigenvalue weighted by Gasteiger charge is 2.37. The Labute approximate surface area is 166 Å². The largest absolute Gasteiger partial charge is 0.419 e. The molecule has 0 aliphatic rings. The molecule has 156 valence electrons. The van der Waals surface area contributed by atoms with E-state index in [1.54, 1.807) is 6.92 Å². The first-order valence-electron chi connectivity index (χ1n) is 10.4. The molecule has 0 aromatic carbocycles. The van der Waals surface area contributed by atoms with Crippen LogP contribution in [0.1, 0.15) is 92.4 Å². The van der Waals surface area contributed by atoms with Crippen molar-refractivity contribution in [2.45, 2.75) is 98.2 Å². The molecule has 0 aliphatic carbocycles. The van der Waals surface area contributed by atoms with Crippen LogP contribution in [-0.2, 0) is 19.1 Å². The molecule has 0 saturated carbocycles. The van der Waals surface area contributed by atoms with Gasteiger partial charge in [0.25, 0.3) is 5.79 Å². The Balaban J connectivity index is 5.11. The fourth-order valence-electron chi connectivity index (χ4n) is 2.90. The molecule has 0 N–H and O–H groups in total. The van der Waals surface area contributed by atoms with Crippen molar-refractivity contribution >= 4 is 11.9 Å². The topological polar surface area (TPSA) is 52.6 Å². The van der Waals surface area contributed by atoms with Gasteiger partial charge in [0.1, 0.15) is 0 Å². The molecular weight excluding hydrogens is 340 g/mol. The van der Waals surface area contributed by atoms with E-state index < -0.39 is 17.7 Å². The number of esters is 2. The van der Waals surface area contributed by atoms with Crippen LogP contribution in [0, 0.1) is 11.8 Å². The molecule has 0 heterocycles. The molecule has 0 aliphatic heterocycles. The summed E-state index contributed by atoms with van der Waals surface area (Å²) in [6.45, 7) is 17.5. The summed E-state index contributed by atoms with van der Waals surface area (Å²) >= 11 is 0. The summed E-state index contributed by atoms with van der Waals surface area (Å²) < 4.78 is 11.3. The smallest absolute Gasteiger partial charge is 0.336 e. The third-order valence-electron chi connectivity index (χ3n) is 4.51. The second-order valence-electron chi connectivity index (χ2n) is 8.34. The molecule has 27 heavy (non-hydrogen) atoms. The van der Waals surface area contributed by atoms with Crippen molar-refractivity contribution in [1.29, 1.82) is 0 Å². The molecule has 0 spiro atoms. The SMILES string of the molecule is C=CC(=O)OC(CCCCCC(C)C)(CCCCC(C)C)OC(=O)C(=C)C. The van der Waals surface area contributed by atoms with E-state index in [9.17, 15) is 9.59 Å². The van der Waals surface area contributed by atoms with Gasteiger partial charge in [-0.15, -0.1) is 0 Å². The summed E-state index contributed by atoms with van der Waals surface area (Å²) in [5.74, 6) is -1.01. The molecule has 0 fully saturated rings.